The van der Waals surface area contributed by atoms with Gasteiger partial charge in [0.25, 0.3) is 5.69 Å². The number of hydrogen-bond donors (Lipinski definition) is 1. The minimum absolute atomic E-state index is 0.231. The van der Waals surface area contributed by atoms with Gasteiger partial charge >= 0.3 is 0 Å². The van der Waals surface area contributed by atoms with E-state index < -0.39 is 10.7 Å². The molecule has 0 spiro atoms. The number of halogens is 1. The highest BCUT2D eigenvalue weighted by Crippen LogP contribution is 2.20. The van der Waals surface area contributed by atoms with Crippen molar-refractivity contribution in [3.8, 4) is 0 Å². The second kappa shape index (κ2) is 7.90. The van der Waals surface area contributed by atoms with Crippen LogP contribution in [-0.4, -0.2) is 49.2 Å². The third kappa shape index (κ3) is 4.95. The molecule has 1 N–H and O–H groups in total. The van der Waals surface area contributed by atoms with Gasteiger partial charge in [-0.3, -0.25) is 15.0 Å². The molecule has 0 aliphatic carbocycles. The van der Waals surface area contributed by atoms with E-state index in [0.717, 1.165) is 51.8 Å². The van der Waals surface area contributed by atoms with Crippen LogP contribution in [0.2, 0.25) is 0 Å². The molecule has 0 atom stereocenters. The fraction of sp³-hybridized carbons (Fsp3) is 0.571. The van der Waals surface area contributed by atoms with Gasteiger partial charge in [0.2, 0.25) is 0 Å². The largest absolute Gasteiger partial charge is 0.383 e. The van der Waals surface area contributed by atoms with Gasteiger partial charge in [-0.2, -0.15) is 0 Å². The molecule has 0 bridgehead atoms. The van der Waals surface area contributed by atoms with Crippen molar-refractivity contribution in [1.29, 1.82) is 0 Å². The predicted octanol–water partition coefficient (Wildman–Crippen LogP) is 2.26. The first kappa shape index (κ1) is 15.7. The number of rotatable bonds is 7. The minimum atomic E-state index is -0.602. The van der Waals surface area contributed by atoms with E-state index in [2.05, 4.69) is 10.2 Å². The number of nitrogens with one attached hydrogen (secondary N) is 1. The zero-order valence-electron chi connectivity index (χ0n) is 11.9. The third-order valence-electron chi connectivity index (χ3n) is 3.48. The van der Waals surface area contributed by atoms with Gasteiger partial charge in [0.05, 0.1) is 29.9 Å². The Hall–Kier alpha value is -1.73. The minimum Gasteiger partial charge on any atom is -0.383 e. The number of benzene rings is 1. The maximum absolute atomic E-state index is 13.6. The van der Waals surface area contributed by atoms with Crippen molar-refractivity contribution in [3.05, 3.63) is 34.1 Å². The van der Waals surface area contributed by atoms with E-state index in [1.165, 1.54) is 12.1 Å². The van der Waals surface area contributed by atoms with Gasteiger partial charge in [0, 0.05) is 25.7 Å². The molecule has 1 aliphatic rings. The zero-order valence-corrected chi connectivity index (χ0v) is 11.9. The van der Waals surface area contributed by atoms with Crippen molar-refractivity contribution in [3.63, 3.8) is 0 Å². The fourth-order valence-electron chi connectivity index (χ4n) is 2.27. The first-order valence-corrected chi connectivity index (χ1v) is 7.15. The molecule has 2 rings (SSSR count). The highest BCUT2D eigenvalue weighted by atomic mass is 19.1. The van der Waals surface area contributed by atoms with E-state index >= 15 is 0 Å². The molecule has 0 amide bonds. The number of unbranched alkanes of at least 4 members (excludes halogenated alkanes) is 1. The van der Waals surface area contributed by atoms with E-state index in [-0.39, 0.29) is 5.69 Å². The Morgan fingerprint density at radius 3 is 2.76 bits per heavy atom. The molecule has 7 heteroatoms. The van der Waals surface area contributed by atoms with E-state index in [0.29, 0.717) is 12.2 Å². The van der Waals surface area contributed by atoms with Crippen LogP contribution < -0.4 is 5.32 Å². The average Bonchev–Trinajstić information content (AvgIpc) is 2.49. The van der Waals surface area contributed by atoms with Gasteiger partial charge in [-0.15, -0.1) is 0 Å². The number of nitrogens with zero attached hydrogens (tertiary/aromatic N) is 2. The van der Waals surface area contributed by atoms with Gasteiger partial charge in [0.15, 0.2) is 5.82 Å². The third-order valence-corrected chi connectivity index (χ3v) is 3.48. The van der Waals surface area contributed by atoms with Crippen LogP contribution in [0, 0.1) is 15.9 Å². The molecule has 0 radical (unpaired) electrons. The molecular weight excluding hydrogens is 277 g/mol. The van der Waals surface area contributed by atoms with Crippen molar-refractivity contribution in [1.82, 2.24) is 4.90 Å². The Kier molecular flexibility index (Phi) is 5.89. The molecule has 1 aromatic carbocycles. The van der Waals surface area contributed by atoms with Gasteiger partial charge in [-0.25, -0.2) is 4.39 Å². The topological polar surface area (TPSA) is 67.6 Å². The number of anilines is 1. The standard InChI is InChI=1S/C14H20FN3O3/c15-13-11-12(18(19)20)3-4-14(13)16-5-1-2-6-17-7-9-21-10-8-17/h3-4,11,16H,1-2,5-10H2. The molecule has 0 unspecified atom stereocenters. The van der Waals surface area contributed by atoms with E-state index in [1.807, 2.05) is 0 Å². The molecule has 1 aromatic rings. The van der Waals surface area contributed by atoms with E-state index in [4.69, 9.17) is 4.74 Å². The van der Waals surface area contributed by atoms with Crippen LogP contribution in [0.25, 0.3) is 0 Å². The van der Waals surface area contributed by atoms with Crippen LogP contribution in [0.4, 0.5) is 15.8 Å². The lowest BCUT2D eigenvalue weighted by Crippen LogP contribution is -2.36. The summed E-state index contributed by atoms with van der Waals surface area (Å²) in [5, 5.41) is 13.5. The number of nitro groups is 1. The summed E-state index contributed by atoms with van der Waals surface area (Å²) in [6.07, 6.45) is 1.95. The Morgan fingerprint density at radius 1 is 1.33 bits per heavy atom. The van der Waals surface area contributed by atoms with E-state index in [9.17, 15) is 14.5 Å². The molecule has 0 aromatic heterocycles. The molecule has 1 fully saturated rings. The molecule has 21 heavy (non-hydrogen) atoms. The smallest absolute Gasteiger partial charge is 0.272 e. The Labute approximate surface area is 123 Å². The van der Waals surface area contributed by atoms with Gasteiger partial charge in [0.1, 0.15) is 0 Å². The second-order valence-corrected chi connectivity index (χ2v) is 5.01. The lowest BCUT2D eigenvalue weighted by molar-refractivity contribution is -0.385. The lowest BCUT2D eigenvalue weighted by Gasteiger charge is -2.26. The second-order valence-electron chi connectivity index (χ2n) is 5.01. The SMILES string of the molecule is O=[N+]([O-])c1ccc(NCCCCN2CCOCC2)c(F)c1. The summed E-state index contributed by atoms with van der Waals surface area (Å²) in [6, 6.07) is 3.66. The fourth-order valence-corrected chi connectivity index (χ4v) is 2.27. The maximum atomic E-state index is 13.6. The molecule has 116 valence electrons. The summed E-state index contributed by atoms with van der Waals surface area (Å²) >= 11 is 0. The van der Waals surface area contributed by atoms with Crippen molar-refractivity contribution in [2.45, 2.75) is 12.8 Å². The Balaban J connectivity index is 1.67. The van der Waals surface area contributed by atoms with Crippen LogP contribution in [0.15, 0.2) is 18.2 Å². The first-order valence-electron chi connectivity index (χ1n) is 7.15. The summed E-state index contributed by atoms with van der Waals surface area (Å²) in [5.74, 6) is -0.586. The number of ether oxygens (including phenoxy) is 1. The first-order chi connectivity index (χ1) is 10.2. The van der Waals surface area contributed by atoms with E-state index in [1.54, 1.807) is 0 Å². The highest BCUT2D eigenvalue weighted by Gasteiger charge is 2.11. The maximum Gasteiger partial charge on any atom is 0.272 e. The molecule has 0 saturated carbocycles. The van der Waals surface area contributed by atoms with Crippen LogP contribution in [-0.2, 0) is 4.74 Å². The Morgan fingerprint density at radius 2 is 2.10 bits per heavy atom. The lowest BCUT2D eigenvalue weighted by atomic mass is 10.2. The summed E-state index contributed by atoms with van der Waals surface area (Å²) in [6.45, 7) is 5.22. The molecule has 1 saturated heterocycles. The summed E-state index contributed by atoms with van der Waals surface area (Å²) in [5.41, 5.74) is 0.0809. The van der Waals surface area contributed by atoms with Crippen LogP contribution in [0.5, 0.6) is 0 Å². The number of nitro benzene ring substituents is 1. The summed E-state index contributed by atoms with van der Waals surface area (Å²) in [4.78, 5) is 12.3. The van der Waals surface area contributed by atoms with Crippen LogP contribution >= 0.6 is 0 Å². The molecule has 1 heterocycles. The van der Waals surface area contributed by atoms with Gasteiger partial charge < -0.3 is 10.1 Å². The normalized spacial score (nSPS) is 15.9. The van der Waals surface area contributed by atoms with Crippen molar-refractivity contribution >= 4 is 11.4 Å². The van der Waals surface area contributed by atoms with Gasteiger partial charge in [-0.05, 0) is 25.5 Å². The van der Waals surface area contributed by atoms with Crippen molar-refractivity contribution in [2.24, 2.45) is 0 Å². The van der Waals surface area contributed by atoms with Crippen LogP contribution in [0.3, 0.4) is 0 Å². The predicted molar refractivity (Wildman–Crippen MR) is 78.0 cm³/mol. The van der Waals surface area contributed by atoms with Crippen LogP contribution in [0.1, 0.15) is 12.8 Å². The number of non-ortho nitro benzene ring substituents is 1. The number of hydrogen-bond acceptors (Lipinski definition) is 5. The summed E-state index contributed by atoms with van der Waals surface area (Å²) < 4.78 is 18.9. The average molecular weight is 297 g/mol. The molecule has 6 nitrogen and oxygen atoms in total. The summed E-state index contributed by atoms with van der Waals surface area (Å²) in [7, 11) is 0. The van der Waals surface area contributed by atoms with Crippen molar-refractivity contribution < 1.29 is 14.1 Å². The molecular formula is C14H20FN3O3. The Bertz CT molecular complexity index is 479. The highest BCUT2D eigenvalue weighted by molar-refractivity contribution is 5.49. The monoisotopic (exact) mass is 297 g/mol. The van der Waals surface area contributed by atoms with Gasteiger partial charge in [-0.1, -0.05) is 0 Å². The number of morpholine rings is 1. The quantitative estimate of drug-likeness (QED) is 0.475. The van der Waals surface area contributed by atoms with Crippen molar-refractivity contribution in [2.75, 3.05) is 44.7 Å². The zero-order chi connectivity index (χ0) is 15.1. The molecule has 1 aliphatic heterocycles.